The molecule has 1 aliphatic carbocycles. The van der Waals surface area contributed by atoms with Crippen molar-refractivity contribution in [3.05, 3.63) is 53.1 Å². The number of aryl methyl sites for hydroxylation is 1. The number of nitrogens with one attached hydrogen (secondary N) is 2. The van der Waals surface area contributed by atoms with Crippen LogP contribution in [-0.4, -0.2) is 50.6 Å². The van der Waals surface area contributed by atoms with Crippen LogP contribution in [0.1, 0.15) is 73.9 Å². The topological polar surface area (TPSA) is 98.7 Å². The van der Waals surface area contributed by atoms with Gasteiger partial charge in [-0.25, -0.2) is 13.2 Å². The summed E-state index contributed by atoms with van der Waals surface area (Å²) in [6.45, 7) is 10.2. The number of carbonyl (C=O) groups is 1. The number of hydrogen-bond acceptors (Lipinski definition) is 5. The normalized spacial score (nSPS) is 18.8. The van der Waals surface area contributed by atoms with Crippen LogP contribution in [0.5, 0.6) is 0 Å². The van der Waals surface area contributed by atoms with Crippen molar-refractivity contribution in [2.45, 2.75) is 63.7 Å². The molecule has 1 fully saturated rings. The lowest BCUT2D eigenvalue weighted by Gasteiger charge is -2.31. The predicted octanol–water partition coefficient (Wildman–Crippen LogP) is 5.16. The number of hydrogen-bond donors (Lipinski definition) is 3. The summed E-state index contributed by atoms with van der Waals surface area (Å²) in [4.78, 5) is 14.8. The molecular weight excluding hydrogens is 462 g/mol. The van der Waals surface area contributed by atoms with Gasteiger partial charge in [0.05, 0.1) is 16.9 Å². The highest BCUT2D eigenvalue weighted by Crippen LogP contribution is 2.38. The van der Waals surface area contributed by atoms with Crippen molar-refractivity contribution in [1.29, 1.82) is 0 Å². The lowest BCUT2D eigenvalue weighted by molar-refractivity contribution is 0.0696. The highest BCUT2D eigenvalue weighted by Gasteiger charge is 2.29. The fraction of sp³-hybridized carbons (Fsp3) is 0.519. The van der Waals surface area contributed by atoms with E-state index in [2.05, 4.69) is 28.8 Å². The number of para-hydroxylation sites is 1. The van der Waals surface area contributed by atoms with Crippen LogP contribution < -0.4 is 10.0 Å². The first-order valence-electron chi connectivity index (χ1n) is 12.5. The van der Waals surface area contributed by atoms with Gasteiger partial charge in [0.1, 0.15) is 4.90 Å². The van der Waals surface area contributed by atoms with Crippen molar-refractivity contribution in [3.8, 4) is 0 Å². The summed E-state index contributed by atoms with van der Waals surface area (Å²) < 4.78 is 29.6. The second-order valence-electron chi connectivity index (χ2n) is 10.8. The van der Waals surface area contributed by atoms with Crippen LogP contribution in [-0.2, 0) is 16.4 Å². The van der Waals surface area contributed by atoms with Gasteiger partial charge in [0.25, 0.3) is 10.0 Å². The van der Waals surface area contributed by atoms with Gasteiger partial charge < -0.3 is 15.3 Å². The van der Waals surface area contributed by atoms with Gasteiger partial charge in [-0.1, -0.05) is 39.0 Å². The molecule has 7 nitrogen and oxygen atoms in total. The summed E-state index contributed by atoms with van der Waals surface area (Å²) in [5.41, 5.74) is 2.40. The first-order valence-corrected chi connectivity index (χ1v) is 14.0. The minimum Gasteiger partial charge on any atom is -0.478 e. The van der Waals surface area contributed by atoms with Gasteiger partial charge in [-0.15, -0.1) is 0 Å². The zero-order chi connectivity index (χ0) is 25.2. The zero-order valence-electron chi connectivity index (χ0n) is 20.9. The number of nitrogens with zero attached hydrogens (tertiary/aromatic N) is 1. The molecule has 3 N–H and O–H groups in total. The van der Waals surface area contributed by atoms with Crippen molar-refractivity contribution in [2.75, 3.05) is 36.2 Å². The van der Waals surface area contributed by atoms with E-state index in [4.69, 9.17) is 0 Å². The van der Waals surface area contributed by atoms with E-state index >= 15 is 0 Å². The van der Waals surface area contributed by atoms with Crippen LogP contribution in [0.25, 0.3) is 0 Å². The highest BCUT2D eigenvalue weighted by atomic mass is 32.2. The molecule has 1 atom stereocenters. The fourth-order valence-corrected chi connectivity index (χ4v) is 6.74. The monoisotopic (exact) mass is 499 g/mol. The van der Waals surface area contributed by atoms with Crippen molar-refractivity contribution in [2.24, 2.45) is 5.41 Å². The Hall–Kier alpha value is -2.58. The summed E-state index contributed by atoms with van der Waals surface area (Å²) >= 11 is 0. The second-order valence-corrected chi connectivity index (χ2v) is 12.4. The lowest BCUT2D eigenvalue weighted by Crippen LogP contribution is -2.37. The molecule has 1 aliphatic heterocycles. The molecule has 1 heterocycles. The molecule has 0 saturated carbocycles. The summed E-state index contributed by atoms with van der Waals surface area (Å²) in [6, 6.07) is 10.3. The third-order valence-electron chi connectivity index (χ3n) is 7.15. The molecule has 2 aromatic rings. The second kappa shape index (κ2) is 10.2. The Labute approximate surface area is 209 Å². The fourth-order valence-electron chi connectivity index (χ4n) is 5.49. The van der Waals surface area contributed by atoms with Gasteiger partial charge in [0, 0.05) is 13.1 Å². The smallest absolute Gasteiger partial charge is 0.338 e. The Bertz CT molecular complexity index is 1190. The first kappa shape index (κ1) is 25.5. The van der Waals surface area contributed by atoms with E-state index in [1.807, 2.05) is 13.0 Å². The maximum absolute atomic E-state index is 13.5. The number of carboxylic acids is 1. The molecule has 1 saturated heterocycles. The van der Waals surface area contributed by atoms with Crippen LogP contribution in [0.4, 0.5) is 11.4 Å². The molecule has 4 rings (SSSR count). The average molecular weight is 500 g/mol. The Morgan fingerprint density at radius 2 is 1.80 bits per heavy atom. The van der Waals surface area contributed by atoms with Crippen molar-refractivity contribution < 1.29 is 18.3 Å². The first-order chi connectivity index (χ1) is 16.6. The number of carboxylic acid groups (broad SMARTS) is 1. The summed E-state index contributed by atoms with van der Waals surface area (Å²) in [5.74, 6) is -1.04. The molecule has 0 amide bonds. The number of benzene rings is 2. The van der Waals surface area contributed by atoms with E-state index in [0.29, 0.717) is 12.2 Å². The van der Waals surface area contributed by atoms with Crippen LogP contribution in [0.3, 0.4) is 0 Å². The van der Waals surface area contributed by atoms with Gasteiger partial charge in [-0.3, -0.25) is 4.72 Å². The summed E-state index contributed by atoms with van der Waals surface area (Å²) in [5, 5.41) is 13.4. The molecule has 0 radical (unpaired) electrons. The maximum Gasteiger partial charge on any atom is 0.338 e. The van der Waals surface area contributed by atoms with E-state index < -0.39 is 16.0 Å². The molecule has 8 heteroatoms. The predicted molar refractivity (Wildman–Crippen MR) is 140 cm³/mol. The molecule has 0 bridgehead atoms. The molecule has 2 aliphatic rings. The SMILES string of the molecule is CC1CCCc2ccc(NS(=O)(=O)c3ccccc3NCC(C)(C)CN3CCCC3)c(C(=O)O)c21. The zero-order valence-corrected chi connectivity index (χ0v) is 21.7. The van der Waals surface area contributed by atoms with Gasteiger partial charge >= 0.3 is 5.97 Å². The molecule has 0 aromatic heterocycles. The third-order valence-corrected chi connectivity index (χ3v) is 8.58. The molecule has 2 aromatic carbocycles. The van der Waals surface area contributed by atoms with Gasteiger partial charge in [-0.05, 0) is 85.9 Å². The maximum atomic E-state index is 13.5. The Morgan fingerprint density at radius 3 is 2.51 bits per heavy atom. The van der Waals surface area contributed by atoms with E-state index in [0.717, 1.165) is 50.0 Å². The number of likely N-dealkylation sites (tertiary alicyclic amines) is 1. The highest BCUT2D eigenvalue weighted by molar-refractivity contribution is 7.92. The van der Waals surface area contributed by atoms with Gasteiger partial charge in [0.15, 0.2) is 0 Å². The standard InChI is InChI=1S/C27H37N3O4S/c1-19-9-8-10-20-13-14-22(25(24(19)20)26(31)32)29-35(33,34)23-12-5-4-11-21(23)28-17-27(2,3)18-30-15-6-7-16-30/h4-5,11-14,19,28-29H,6-10,15-18H2,1-3H3,(H,31,32). The number of rotatable bonds is 9. The van der Waals surface area contributed by atoms with Crippen LogP contribution in [0.15, 0.2) is 41.3 Å². The van der Waals surface area contributed by atoms with E-state index in [1.54, 1.807) is 30.3 Å². The summed E-state index contributed by atoms with van der Waals surface area (Å²) in [7, 11) is -4.02. The Morgan fingerprint density at radius 1 is 1.09 bits per heavy atom. The average Bonchev–Trinajstić information content (AvgIpc) is 3.30. The lowest BCUT2D eigenvalue weighted by atomic mass is 9.80. The van der Waals surface area contributed by atoms with Gasteiger partial charge in [0.2, 0.25) is 0 Å². The number of fused-ring (bicyclic) bond motifs is 1. The minimum absolute atomic E-state index is 0.0419. The summed E-state index contributed by atoms with van der Waals surface area (Å²) in [6.07, 6.45) is 5.17. The van der Waals surface area contributed by atoms with Crippen molar-refractivity contribution in [1.82, 2.24) is 4.90 Å². The van der Waals surface area contributed by atoms with E-state index in [1.165, 1.54) is 12.8 Å². The molecule has 35 heavy (non-hydrogen) atoms. The van der Waals surface area contributed by atoms with Crippen LogP contribution in [0, 0.1) is 5.41 Å². The third kappa shape index (κ3) is 5.81. The van der Waals surface area contributed by atoms with Gasteiger partial charge in [-0.2, -0.15) is 0 Å². The van der Waals surface area contributed by atoms with Crippen molar-refractivity contribution in [3.63, 3.8) is 0 Å². The van der Waals surface area contributed by atoms with E-state index in [9.17, 15) is 18.3 Å². The van der Waals surface area contributed by atoms with Crippen molar-refractivity contribution >= 4 is 27.4 Å². The minimum atomic E-state index is -4.02. The number of anilines is 2. The van der Waals surface area contributed by atoms with Crippen LogP contribution in [0.2, 0.25) is 0 Å². The quantitative estimate of drug-likeness (QED) is 0.441. The molecule has 0 spiro atoms. The number of aromatic carboxylic acids is 1. The Balaban J connectivity index is 1.58. The van der Waals surface area contributed by atoms with E-state index in [-0.39, 0.29) is 27.5 Å². The Kier molecular flexibility index (Phi) is 7.43. The number of sulfonamides is 1. The molecule has 190 valence electrons. The molecular formula is C27H37N3O4S. The largest absolute Gasteiger partial charge is 0.478 e. The van der Waals surface area contributed by atoms with Crippen LogP contribution >= 0.6 is 0 Å². The molecule has 1 unspecified atom stereocenters.